The van der Waals surface area contributed by atoms with Crippen LogP contribution in [0.15, 0.2) is 42.5 Å². The Bertz CT molecular complexity index is 561. The fourth-order valence-electron chi connectivity index (χ4n) is 1.61. The number of benzene rings is 2. The van der Waals surface area contributed by atoms with E-state index in [-0.39, 0.29) is 10.5 Å². The molecule has 0 aliphatic heterocycles. The van der Waals surface area contributed by atoms with E-state index < -0.39 is 7.12 Å². The average Bonchev–Trinajstić information content (AvgIpc) is 2.40. The zero-order chi connectivity index (χ0) is 13.8. The van der Waals surface area contributed by atoms with Crippen molar-refractivity contribution in [3.05, 3.63) is 58.1 Å². The first-order valence-electron chi connectivity index (χ1n) is 5.59. The molecule has 0 aliphatic carbocycles. The van der Waals surface area contributed by atoms with Gasteiger partial charge in [0, 0.05) is 5.46 Å². The monoisotopic (exact) mass is 296 g/mol. The van der Waals surface area contributed by atoms with E-state index in [2.05, 4.69) is 0 Å². The quantitative estimate of drug-likeness (QED) is 0.851. The van der Waals surface area contributed by atoms with E-state index in [0.717, 1.165) is 5.56 Å². The van der Waals surface area contributed by atoms with Crippen LogP contribution in [0.3, 0.4) is 0 Å². The van der Waals surface area contributed by atoms with Gasteiger partial charge in [0.2, 0.25) is 0 Å². The molecule has 2 N–H and O–H groups in total. The topological polar surface area (TPSA) is 49.7 Å². The molecule has 0 aliphatic rings. The molecule has 0 bridgehead atoms. The van der Waals surface area contributed by atoms with Crippen molar-refractivity contribution in [2.45, 2.75) is 6.61 Å². The summed E-state index contributed by atoms with van der Waals surface area (Å²) in [5.41, 5.74) is 1.15. The summed E-state index contributed by atoms with van der Waals surface area (Å²) < 4.78 is 5.56. The van der Waals surface area contributed by atoms with E-state index in [9.17, 15) is 10.0 Å². The van der Waals surface area contributed by atoms with Gasteiger partial charge < -0.3 is 14.8 Å². The largest absolute Gasteiger partial charge is 0.492 e. The summed E-state index contributed by atoms with van der Waals surface area (Å²) in [7, 11) is -1.67. The van der Waals surface area contributed by atoms with Crippen molar-refractivity contribution < 1.29 is 14.8 Å². The summed E-state index contributed by atoms with van der Waals surface area (Å²) in [4.78, 5) is 0. The Labute approximate surface area is 121 Å². The molecular formula is C13H11BCl2O3. The van der Waals surface area contributed by atoms with Crippen LogP contribution in [0.2, 0.25) is 10.0 Å². The lowest BCUT2D eigenvalue weighted by atomic mass is 9.79. The van der Waals surface area contributed by atoms with Crippen LogP contribution in [0.5, 0.6) is 5.75 Å². The maximum absolute atomic E-state index is 9.29. The van der Waals surface area contributed by atoms with Crippen molar-refractivity contribution in [3.8, 4) is 5.75 Å². The SMILES string of the molecule is OB(O)c1cc(Cl)c(Cl)cc1OCc1ccccc1. The molecular weight excluding hydrogens is 286 g/mol. The third-order valence-corrected chi connectivity index (χ3v) is 3.29. The number of ether oxygens (including phenoxy) is 1. The van der Waals surface area contributed by atoms with Gasteiger partial charge in [-0.25, -0.2) is 0 Å². The summed E-state index contributed by atoms with van der Waals surface area (Å²) in [6, 6.07) is 12.4. The van der Waals surface area contributed by atoms with Crippen LogP contribution < -0.4 is 10.2 Å². The second-order valence-electron chi connectivity index (χ2n) is 3.95. The van der Waals surface area contributed by atoms with E-state index in [1.54, 1.807) is 0 Å². The number of rotatable bonds is 4. The van der Waals surface area contributed by atoms with Crippen LogP contribution in [0.4, 0.5) is 0 Å². The van der Waals surface area contributed by atoms with Crippen LogP contribution in [0.25, 0.3) is 0 Å². The molecule has 0 amide bonds. The van der Waals surface area contributed by atoms with Gasteiger partial charge in [-0.1, -0.05) is 53.5 Å². The van der Waals surface area contributed by atoms with Gasteiger partial charge in [0.05, 0.1) is 10.0 Å². The first-order valence-corrected chi connectivity index (χ1v) is 6.35. The standard InChI is InChI=1S/C13H11BCl2O3/c15-11-6-10(14(17)18)13(7-12(11)16)19-8-9-4-2-1-3-5-9/h1-7,17-18H,8H2. The van der Waals surface area contributed by atoms with E-state index in [4.69, 9.17) is 27.9 Å². The predicted molar refractivity (Wildman–Crippen MR) is 77.1 cm³/mol. The minimum Gasteiger partial charge on any atom is -0.489 e. The van der Waals surface area contributed by atoms with Crippen LogP contribution in [-0.2, 0) is 6.61 Å². The molecule has 3 nitrogen and oxygen atoms in total. The fourth-order valence-corrected chi connectivity index (χ4v) is 1.93. The minimum atomic E-state index is -1.67. The molecule has 0 fully saturated rings. The molecule has 0 radical (unpaired) electrons. The molecule has 0 saturated heterocycles. The lowest BCUT2D eigenvalue weighted by Crippen LogP contribution is -2.31. The smallest absolute Gasteiger partial charge is 0.489 e. The van der Waals surface area contributed by atoms with Crippen molar-refractivity contribution in [3.63, 3.8) is 0 Å². The second kappa shape index (κ2) is 6.30. The molecule has 2 aromatic carbocycles. The van der Waals surface area contributed by atoms with Gasteiger partial charge in [-0.2, -0.15) is 0 Å². The number of halogens is 2. The van der Waals surface area contributed by atoms with Gasteiger partial charge in [-0.05, 0) is 17.7 Å². The normalized spacial score (nSPS) is 10.3. The molecule has 2 rings (SSSR count). The molecule has 0 unspecified atom stereocenters. The van der Waals surface area contributed by atoms with E-state index in [1.165, 1.54) is 12.1 Å². The lowest BCUT2D eigenvalue weighted by molar-refractivity contribution is 0.306. The maximum atomic E-state index is 9.29. The third kappa shape index (κ3) is 3.64. The van der Waals surface area contributed by atoms with Crippen molar-refractivity contribution in [1.82, 2.24) is 0 Å². The van der Waals surface area contributed by atoms with Crippen molar-refractivity contribution in [2.75, 3.05) is 0 Å². The molecule has 0 aromatic heterocycles. The Balaban J connectivity index is 2.22. The first-order chi connectivity index (χ1) is 9.08. The molecule has 19 heavy (non-hydrogen) atoms. The Morgan fingerprint density at radius 1 is 1.00 bits per heavy atom. The highest BCUT2D eigenvalue weighted by Crippen LogP contribution is 2.25. The molecule has 6 heteroatoms. The minimum absolute atomic E-state index is 0.185. The van der Waals surface area contributed by atoms with Crippen LogP contribution in [0.1, 0.15) is 5.56 Å². The van der Waals surface area contributed by atoms with E-state index in [1.807, 2.05) is 30.3 Å². The van der Waals surface area contributed by atoms with Gasteiger partial charge >= 0.3 is 7.12 Å². The van der Waals surface area contributed by atoms with Crippen molar-refractivity contribution >= 4 is 35.8 Å². The van der Waals surface area contributed by atoms with Gasteiger partial charge in [-0.15, -0.1) is 0 Å². The summed E-state index contributed by atoms with van der Waals surface area (Å²) in [5, 5.41) is 19.1. The molecule has 0 atom stereocenters. The Morgan fingerprint density at radius 2 is 1.63 bits per heavy atom. The number of hydrogen-bond acceptors (Lipinski definition) is 3. The van der Waals surface area contributed by atoms with Crippen molar-refractivity contribution in [1.29, 1.82) is 0 Å². The summed E-state index contributed by atoms with van der Waals surface area (Å²) >= 11 is 11.7. The highest BCUT2D eigenvalue weighted by molar-refractivity contribution is 6.60. The number of hydrogen-bond donors (Lipinski definition) is 2. The molecule has 98 valence electrons. The van der Waals surface area contributed by atoms with Gasteiger partial charge in [0.25, 0.3) is 0 Å². The van der Waals surface area contributed by atoms with Crippen molar-refractivity contribution in [2.24, 2.45) is 0 Å². The zero-order valence-electron chi connectivity index (χ0n) is 9.88. The maximum Gasteiger partial charge on any atom is 0.492 e. The van der Waals surface area contributed by atoms with E-state index in [0.29, 0.717) is 17.4 Å². The predicted octanol–water partition coefficient (Wildman–Crippen LogP) is 2.25. The summed E-state index contributed by atoms with van der Waals surface area (Å²) in [6.07, 6.45) is 0. The van der Waals surface area contributed by atoms with Crippen LogP contribution >= 0.6 is 23.2 Å². The average molecular weight is 297 g/mol. The Kier molecular flexibility index (Phi) is 4.72. The highest BCUT2D eigenvalue weighted by atomic mass is 35.5. The van der Waals surface area contributed by atoms with Crippen LogP contribution in [0, 0.1) is 0 Å². The highest BCUT2D eigenvalue weighted by Gasteiger charge is 2.19. The second-order valence-corrected chi connectivity index (χ2v) is 4.77. The third-order valence-electron chi connectivity index (χ3n) is 2.57. The van der Waals surface area contributed by atoms with Gasteiger partial charge in [-0.3, -0.25) is 0 Å². The van der Waals surface area contributed by atoms with Gasteiger partial charge in [0.1, 0.15) is 12.4 Å². The Hall–Kier alpha value is -1.20. The van der Waals surface area contributed by atoms with E-state index >= 15 is 0 Å². The Morgan fingerprint density at radius 3 is 2.26 bits per heavy atom. The molecule has 0 heterocycles. The first kappa shape index (κ1) is 14.2. The van der Waals surface area contributed by atoms with Gasteiger partial charge in [0.15, 0.2) is 0 Å². The van der Waals surface area contributed by atoms with Crippen LogP contribution in [-0.4, -0.2) is 17.2 Å². The lowest BCUT2D eigenvalue weighted by Gasteiger charge is -2.12. The fraction of sp³-hybridized carbons (Fsp3) is 0.0769. The summed E-state index contributed by atoms with van der Waals surface area (Å²) in [6.45, 7) is 0.304. The molecule has 2 aromatic rings. The molecule has 0 saturated carbocycles. The molecule has 0 spiro atoms. The summed E-state index contributed by atoms with van der Waals surface area (Å²) in [5.74, 6) is 0.299. The zero-order valence-corrected chi connectivity index (χ0v) is 11.4.